The van der Waals surface area contributed by atoms with Crippen LogP contribution in [0.1, 0.15) is 12.5 Å². The van der Waals surface area contributed by atoms with Crippen molar-refractivity contribution in [3.8, 4) is 5.75 Å². The molecular formula is C17H22N4O6S3. The van der Waals surface area contributed by atoms with E-state index < -0.39 is 27.9 Å². The molecule has 0 spiro atoms. The molecule has 30 heavy (non-hydrogen) atoms. The van der Waals surface area contributed by atoms with Gasteiger partial charge in [0.25, 0.3) is 0 Å². The van der Waals surface area contributed by atoms with Gasteiger partial charge >= 0.3 is 5.97 Å². The fourth-order valence-electron chi connectivity index (χ4n) is 2.46. The average molecular weight is 475 g/mol. The molecule has 0 radical (unpaired) electrons. The normalized spacial score (nSPS) is 12.2. The van der Waals surface area contributed by atoms with Crippen molar-refractivity contribution in [1.82, 2.24) is 10.2 Å². The quantitative estimate of drug-likeness (QED) is 0.329. The van der Waals surface area contributed by atoms with Gasteiger partial charge in [0, 0.05) is 0 Å². The topological polar surface area (TPSA) is 128 Å². The smallest absolute Gasteiger partial charge is 0.316 e. The zero-order chi connectivity index (χ0) is 22.5. The molecule has 1 amide bonds. The highest BCUT2D eigenvalue weighted by atomic mass is 32.2. The molecule has 0 unspecified atom stereocenters. The van der Waals surface area contributed by atoms with Gasteiger partial charge in [0.05, 0.1) is 31.9 Å². The Morgan fingerprint density at radius 1 is 1.30 bits per heavy atom. The van der Waals surface area contributed by atoms with Crippen LogP contribution in [0.15, 0.2) is 22.5 Å². The number of rotatable bonds is 9. The van der Waals surface area contributed by atoms with E-state index in [4.69, 9.17) is 4.74 Å². The monoisotopic (exact) mass is 474 g/mol. The Kier molecular flexibility index (Phi) is 8.03. The van der Waals surface area contributed by atoms with Gasteiger partial charge in [-0.15, -0.1) is 10.2 Å². The number of aryl methyl sites for hydroxylation is 1. The first-order chi connectivity index (χ1) is 14.1. The molecule has 2 aromatic rings. The van der Waals surface area contributed by atoms with Gasteiger partial charge in [0.1, 0.15) is 11.8 Å². The molecule has 1 heterocycles. The number of thioether (sulfide) groups is 1. The summed E-state index contributed by atoms with van der Waals surface area (Å²) in [7, 11) is -1.11. The van der Waals surface area contributed by atoms with Crippen molar-refractivity contribution in [2.75, 3.05) is 35.9 Å². The van der Waals surface area contributed by atoms with Crippen molar-refractivity contribution in [1.29, 1.82) is 0 Å². The second kappa shape index (κ2) is 10.1. The van der Waals surface area contributed by atoms with Gasteiger partial charge in [-0.25, -0.2) is 8.42 Å². The van der Waals surface area contributed by atoms with Crippen LogP contribution in [0.5, 0.6) is 5.75 Å². The molecular weight excluding hydrogens is 452 g/mol. The lowest BCUT2D eigenvalue weighted by atomic mass is 10.2. The number of nitrogens with one attached hydrogen (secondary N) is 1. The van der Waals surface area contributed by atoms with Gasteiger partial charge in [0.2, 0.25) is 21.1 Å². The van der Waals surface area contributed by atoms with Gasteiger partial charge < -0.3 is 9.47 Å². The number of ether oxygens (including phenoxy) is 2. The zero-order valence-corrected chi connectivity index (χ0v) is 19.5. The van der Waals surface area contributed by atoms with Crippen LogP contribution in [-0.2, 0) is 24.3 Å². The molecule has 10 nitrogen and oxygen atoms in total. The van der Waals surface area contributed by atoms with E-state index in [1.54, 1.807) is 18.2 Å². The van der Waals surface area contributed by atoms with Crippen molar-refractivity contribution >= 4 is 55.8 Å². The number of nitrogens with zero attached hydrogens (tertiary/aromatic N) is 3. The van der Waals surface area contributed by atoms with E-state index in [1.165, 1.54) is 21.1 Å². The van der Waals surface area contributed by atoms with Gasteiger partial charge in [-0.3, -0.25) is 19.2 Å². The van der Waals surface area contributed by atoms with Crippen LogP contribution < -0.4 is 14.4 Å². The largest absolute Gasteiger partial charge is 0.495 e. The lowest BCUT2D eigenvalue weighted by Crippen LogP contribution is -2.45. The molecule has 0 aliphatic heterocycles. The summed E-state index contributed by atoms with van der Waals surface area (Å²) in [5, 5.41) is 10.5. The van der Waals surface area contributed by atoms with E-state index in [2.05, 4.69) is 20.3 Å². The Labute approximate surface area is 183 Å². The minimum absolute atomic E-state index is 0.0600. The first kappa shape index (κ1) is 23.9. The number of anilines is 2. The van der Waals surface area contributed by atoms with Gasteiger partial charge in [-0.2, -0.15) is 0 Å². The zero-order valence-electron chi connectivity index (χ0n) is 17.0. The summed E-state index contributed by atoms with van der Waals surface area (Å²) in [6, 6.07) is 3.97. The first-order valence-electron chi connectivity index (χ1n) is 8.54. The summed E-state index contributed by atoms with van der Waals surface area (Å²) in [6.45, 7) is 3.27. The number of benzene rings is 1. The minimum Gasteiger partial charge on any atom is -0.495 e. The number of sulfonamides is 1. The maximum atomic E-state index is 12.8. The van der Waals surface area contributed by atoms with E-state index in [9.17, 15) is 18.0 Å². The molecule has 1 atom stereocenters. The summed E-state index contributed by atoms with van der Waals surface area (Å²) >= 11 is 2.18. The standard InChI is InChI=1S/C17H22N4O6S3/c1-10-6-7-13(26-3)12(8-10)21(30(5,24)25)11(2)15(23)18-16-19-20-17(29-16)28-9-14(22)27-4/h6-8,11H,9H2,1-5H3,(H,18,19,23)/t11-/m0/s1. The number of hydrogen-bond acceptors (Lipinski definition) is 10. The van der Waals surface area contributed by atoms with Crippen LogP contribution in [0, 0.1) is 6.92 Å². The van der Waals surface area contributed by atoms with Crippen molar-refractivity contribution in [3.05, 3.63) is 23.8 Å². The Morgan fingerprint density at radius 3 is 2.60 bits per heavy atom. The van der Waals surface area contributed by atoms with E-state index in [1.807, 2.05) is 6.92 Å². The third kappa shape index (κ3) is 6.06. The number of esters is 1. The number of aromatic nitrogens is 2. The van der Waals surface area contributed by atoms with Crippen molar-refractivity contribution < 1.29 is 27.5 Å². The van der Waals surface area contributed by atoms with Crippen molar-refractivity contribution in [3.63, 3.8) is 0 Å². The van der Waals surface area contributed by atoms with Crippen LogP contribution >= 0.6 is 23.1 Å². The number of hydrogen-bond donors (Lipinski definition) is 1. The Bertz CT molecular complexity index is 1020. The lowest BCUT2D eigenvalue weighted by Gasteiger charge is -2.29. The molecule has 1 aromatic heterocycles. The highest BCUT2D eigenvalue weighted by Gasteiger charge is 2.32. The van der Waals surface area contributed by atoms with Gasteiger partial charge in [0.15, 0.2) is 4.34 Å². The average Bonchev–Trinajstić information content (AvgIpc) is 3.12. The molecule has 164 valence electrons. The highest BCUT2D eigenvalue weighted by Crippen LogP contribution is 2.33. The van der Waals surface area contributed by atoms with Gasteiger partial charge in [-0.1, -0.05) is 29.2 Å². The predicted octanol–water partition coefficient (Wildman–Crippen LogP) is 1.91. The molecule has 1 aromatic carbocycles. The number of carbonyl (C=O) groups excluding carboxylic acids is 2. The SMILES string of the molecule is COC(=O)CSc1nnc(NC(=O)[C@H](C)N(c2cc(C)ccc2OC)S(C)(=O)=O)s1. The molecule has 0 saturated carbocycles. The van der Waals surface area contributed by atoms with E-state index in [0.717, 1.165) is 39.2 Å². The molecule has 0 aliphatic rings. The second-order valence-electron chi connectivity index (χ2n) is 6.14. The Balaban J connectivity index is 2.23. The third-order valence-corrected chi connectivity index (χ3v) is 7.01. The molecule has 2 rings (SSSR count). The van der Waals surface area contributed by atoms with Crippen LogP contribution in [0.25, 0.3) is 0 Å². The van der Waals surface area contributed by atoms with Crippen LogP contribution in [0.2, 0.25) is 0 Å². The molecule has 0 saturated heterocycles. The molecule has 0 bridgehead atoms. The summed E-state index contributed by atoms with van der Waals surface area (Å²) in [5.41, 5.74) is 1.07. The van der Waals surface area contributed by atoms with E-state index in [0.29, 0.717) is 10.1 Å². The van der Waals surface area contributed by atoms with E-state index in [-0.39, 0.29) is 16.6 Å². The maximum absolute atomic E-state index is 12.8. The fourth-order valence-corrected chi connectivity index (χ4v) is 5.22. The fraction of sp³-hybridized carbons (Fsp3) is 0.412. The van der Waals surface area contributed by atoms with Crippen molar-refractivity contribution in [2.45, 2.75) is 24.2 Å². The summed E-state index contributed by atoms with van der Waals surface area (Å²) in [4.78, 5) is 24.0. The number of carbonyl (C=O) groups is 2. The Hall–Kier alpha value is -2.38. The number of amides is 1. The lowest BCUT2D eigenvalue weighted by molar-refractivity contribution is -0.137. The van der Waals surface area contributed by atoms with Crippen LogP contribution in [0.3, 0.4) is 0 Å². The molecule has 0 fully saturated rings. The van der Waals surface area contributed by atoms with Crippen molar-refractivity contribution in [2.24, 2.45) is 0 Å². The number of methoxy groups -OCH3 is 2. The van der Waals surface area contributed by atoms with Gasteiger partial charge in [-0.05, 0) is 31.5 Å². The Morgan fingerprint density at radius 2 is 2.00 bits per heavy atom. The highest BCUT2D eigenvalue weighted by molar-refractivity contribution is 8.01. The predicted molar refractivity (Wildman–Crippen MR) is 116 cm³/mol. The van der Waals surface area contributed by atoms with Crippen LogP contribution in [-0.4, -0.2) is 62.8 Å². The summed E-state index contributed by atoms with van der Waals surface area (Å²) in [5.74, 6) is -0.622. The first-order valence-corrected chi connectivity index (χ1v) is 12.2. The molecule has 0 aliphatic carbocycles. The summed E-state index contributed by atoms with van der Waals surface area (Å²) in [6.07, 6.45) is 1.02. The maximum Gasteiger partial charge on any atom is 0.316 e. The minimum atomic E-state index is -3.82. The summed E-state index contributed by atoms with van der Waals surface area (Å²) < 4.78 is 36.3. The van der Waals surface area contributed by atoms with Crippen LogP contribution in [0.4, 0.5) is 10.8 Å². The second-order valence-corrected chi connectivity index (χ2v) is 10.2. The molecule has 13 heteroatoms. The van der Waals surface area contributed by atoms with E-state index >= 15 is 0 Å². The third-order valence-electron chi connectivity index (χ3n) is 3.84. The molecule has 1 N–H and O–H groups in total.